The predicted octanol–water partition coefficient (Wildman–Crippen LogP) is 10.0. The molecule has 3 heteroatoms. The van der Waals surface area contributed by atoms with E-state index < -0.39 is 0 Å². The molecule has 1 aromatic rings. The number of ketones is 1. The fraction of sp³-hybridized carbons (Fsp3) is 0.700. The minimum Gasteiger partial charge on any atom is -0.299 e. The molecule has 1 aromatic carbocycles. The van der Waals surface area contributed by atoms with Gasteiger partial charge in [0.2, 0.25) is 0 Å². The lowest BCUT2D eigenvalue weighted by atomic mass is 9.32. The third-order valence-corrected chi connectivity index (χ3v) is 14.9. The molecule has 5 aliphatic carbocycles. The van der Waals surface area contributed by atoms with Gasteiger partial charge in [-0.3, -0.25) is 4.79 Å². The lowest BCUT2D eigenvalue weighted by Crippen LogP contribution is -2.65. The van der Waals surface area contributed by atoms with Gasteiger partial charge in [-0.2, -0.15) is 9.59 Å². The minimum atomic E-state index is -0.0780. The number of allylic oxidation sites excluding steroid dienone is 3. The van der Waals surface area contributed by atoms with Crippen molar-refractivity contribution < 1.29 is 14.4 Å². The van der Waals surface area contributed by atoms with E-state index >= 15 is 0 Å². The molecule has 0 bridgehead atoms. The maximum Gasteiger partial charge on any atom is 0.373 e. The fourth-order valence-corrected chi connectivity index (χ4v) is 12.8. The molecule has 0 N–H and O–H groups in total. The van der Waals surface area contributed by atoms with E-state index in [1.54, 1.807) is 5.57 Å². The first-order chi connectivity index (χ1) is 20.2. The van der Waals surface area contributed by atoms with Gasteiger partial charge < -0.3 is 0 Å². The summed E-state index contributed by atoms with van der Waals surface area (Å²) in [4.78, 5) is 30.0. The van der Waals surface area contributed by atoms with Gasteiger partial charge in [-0.15, -0.1) is 0 Å². The summed E-state index contributed by atoms with van der Waals surface area (Å²) in [5.74, 6) is 3.70. The third-order valence-electron chi connectivity index (χ3n) is 14.9. The molecule has 4 fully saturated rings. The van der Waals surface area contributed by atoms with E-state index in [0.29, 0.717) is 52.1 Å². The van der Waals surface area contributed by atoms with Gasteiger partial charge in [-0.05, 0) is 134 Å². The molecular weight excluding hydrogens is 528 g/mol. The van der Waals surface area contributed by atoms with Crippen LogP contribution in [0.5, 0.6) is 0 Å². The summed E-state index contributed by atoms with van der Waals surface area (Å²) in [6, 6.07) is 9.29. The third kappa shape index (κ3) is 4.46. The Kier molecular flexibility index (Phi) is 8.21. The number of Topliss-reactive ketones (excluding diaryl/α,β-unsaturated/α-hetero) is 1. The maximum atomic E-state index is 13.7. The van der Waals surface area contributed by atoms with E-state index in [1.807, 2.05) is 0 Å². The maximum absolute atomic E-state index is 13.7. The Morgan fingerprint density at radius 1 is 0.884 bits per heavy atom. The number of carbonyl (C=O) groups excluding carboxylic acids is 3. The van der Waals surface area contributed by atoms with Crippen molar-refractivity contribution in [3.63, 3.8) is 0 Å². The highest BCUT2D eigenvalue weighted by atomic mass is 16.2. The van der Waals surface area contributed by atoms with E-state index in [-0.39, 0.29) is 17.0 Å². The summed E-state index contributed by atoms with van der Waals surface area (Å²) in [7, 11) is 0. The zero-order valence-corrected chi connectivity index (χ0v) is 28.3. The Bertz CT molecular complexity index is 1330. The van der Waals surface area contributed by atoms with Crippen LogP contribution in [-0.2, 0) is 14.4 Å². The van der Waals surface area contributed by atoms with E-state index in [2.05, 4.69) is 92.3 Å². The Balaban J connectivity index is 0.00000118. The number of hydrogen-bond donors (Lipinski definition) is 0. The minimum absolute atomic E-state index is 0.0780. The van der Waals surface area contributed by atoms with Gasteiger partial charge in [0.15, 0.2) is 0 Å². The van der Waals surface area contributed by atoms with Crippen LogP contribution in [0.1, 0.15) is 124 Å². The molecule has 6 rings (SSSR count). The van der Waals surface area contributed by atoms with Gasteiger partial charge in [0.1, 0.15) is 5.78 Å². The largest absolute Gasteiger partial charge is 0.373 e. The molecule has 0 saturated heterocycles. The van der Waals surface area contributed by atoms with E-state index in [0.717, 1.165) is 18.8 Å². The zero-order valence-electron chi connectivity index (χ0n) is 28.3. The van der Waals surface area contributed by atoms with Gasteiger partial charge in [0.05, 0.1) is 0 Å². The van der Waals surface area contributed by atoms with Crippen LogP contribution in [0.15, 0.2) is 42.5 Å². The molecule has 0 radical (unpaired) electrons. The van der Waals surface area contributed by atoms with Crippen molar-refractivity contribution in [3.8, 4) is 0 Å². The molecule has 0 aromatic heterocycles. The van der Waals surface area contributed by atoms with Crippen LogP contribution >= 0.6 is 0 Å². The number of carbonyl (C=O) groups is 1. The van der Waals surface area contributed by atoms with Crippen molar-refractivity contribution in [1.82, 2.24) is 0 Å². The van der Waals surface area contributed by atoms with Crippen molar-refractivity contribution in [1.29, 1.82) is 0 Å². The highest BCUT2D eigenvalue weighted by Gasteiger charge is 2.71. The highest BCUT2D eigenvalue weighted by Crippen LogP contribution is 2.77. The first kappa shape index (κ1) is 32.2. The Labute approximate surface area is 261 Å². The van der Waals surface area contributed by atoms with E-state index in [4.69, 9.17) is 9.59 Å². The molecule has 0 spiro atoms. The predicted molar refractivity (Wildman–Crippen MR) is 174 cm³/mol. The van der Waals surface area contributed by atoms with Crippen molar-refractivity contribution >= 4 is 17.5 Å². The average molecular weight is 585 g/mol. The first-order valence-corrected chi connectivity index (χ1v) is 17.1. The van der Waals surface area contributed by atoms with Crippen LogP contribution in [0.4, 0.5) is 0 Å². The second-order valence-corrected chi connectivity index (χ2v) is 16.6. The lowest BCUT2D eigenvalue weighted by molar-refractivity contribution is -0.224. The second kappa shape index (κ2) is 11.0. The monoisotopic (exact) mass is 584 g/mol. The molecule has 3 nitrogen and oxygen atoms in total. The second-order valence-electron chi connectivity index (χ2n) is 16.6. The van der Waals surface area contributed by atoms with Crippen molar-refractivity contribution in [3.05, 3.63) is 53.6 Å². The summed E-state index contributed by atoms with van der Waals surface area (Å²) >= 11 is 0. The summed E-state index contributed by atoms with van der Waals surface area (Å²) in [5, 5.41) is 0. The summed E-state index contributed by atoms with van der Waals surface area (Å²) in [6.07, 6.45) is 14.8. The highest BCUT2D eigenvalue weighted by molar-refractivity contribution is 5.85. The van der Waals surface area contributed by atoms with Crippen molar-refractivity contribution in [2.24, 2.45) is 56.7 Å². The number of hydrogen-bond acceptors (Lipinski definition) is 3. The summed E-state index contributed by atoms with van der Waals surface area (Å²) in [5.41, 5.74) is 6.74. The molecular formula is C40H56O3. The SMILES string of the molecule is C=C(C)[C@@H]1CC[C@]2(C(=O)CC)CC[C@]3(C)[C@H](CC[C@@H]4[C@@]5(C)CC=C(c6ccc(C)cc6)C(C)(C)[C@@H]5CC[C@]43C)[C@@H]12.O=C=O. The molecule has 234 valence electrons. The van der Waals surface area contributed by atoms with Crippen molar-refractivity contribution in [2.45, 2.75) is 120 Å². The molecule has 5 aliphatic rings. The van der Waals surface area contributed by atoms with Crippen LogP contribution in [0.25, 0.3) is 5.57 Å². The number of benzene rings is 1. The van der Waals surface area contributed by atoms with Gasteiger partial charge in [-0.25, -0.2) is 0 Å². The number of aryl methyl sites for hydroxylation is 1. The molecule has 4 saturated carbocycles. The molecule has 0 amide bonds. The molecule has 43 heavy (non-hydrogen) atoms. The molecule has 9 atom stereocenters. The Hall–Kier alpha value is -2.25. The lowest BCUT2D eigenvalue weighted by Gasteiger charge is -2.72. The van der Waals surface area contributed by atoms with Crippen LogP contribution in [0, 0.1) is 63.6 Å². The van der Waals surface area contributed by atoms with Gasteiger partial charge in [-0.1, -0.05) is 89.6 Å². The van der Waals surface area contributed by atoms with Crippen LogP contribution in [-0.4, -0.2) is 11.9 Å². The van der Waals surface area contributed by atoms with Crippen molar-refractivity contribution in [2.75, 3.05) is 0 Å². The smallest absolute Gasteiger partial charge is 0.299 e. The topological polar surface area (TPSA) is 51.2 Å². The summed E-state index contributed by atoms with van der Waals surface area (Å²) < 4.78 is 0. The van der Waals surface area contributed by atoms with Crippen LogP contribution < -0.4 is 0 Å². The Morgan fingerprint density at radius 3 is 2.14 bits per heavy atom. The number of rotatable bonds is 4. The fourth-order valence-electron chi connectivity index (χ4n) is 12.8. The summed E-state index contributed by atoms with van der Waals surface area (Å²) in [6.45, 7) is 24.3. The Morgan fingerprint density at radius 2 is 1.53 bits per heavy atom. The average Bonchev–Trinajstić information content (AvgIpc) is 3.35. The van der Waals surface area contributed by atoms with E-state index in [9.17, 15) is 4.79 Å². The first-order valence-electron chi connectivity index (χ1n) is 17.1. The molecule has 0 unspecified atom stereocenters. The molecule has 0 aliphatic heterocycles. The van der Waals surface area contributed by atoms with Gasteiger partial charge >= 0.3 is 6.15 Å². The van der Waals surface area contributed by atoms with Gasteiger partial charge in [0, 0.05) is 11.8 Å². The van der Waals surface area contributed by atoms with E-state index in [1.165, 1.54) is 61.6 Å². The van der Waals surface area contributed by atoms with Crippen LogP contribution in [0.3, 0.4) is 0 Å². The number of fused-ring (bicyclic) bond motifs is 7. The normalized spacial score (nSPS) is 42.4. The zero-order chi connectivity index (χ0) is 31.6. The molecule has 0 heterocycles. The van der Waals surface area contributed by atoms with Crippen LogP contribution in [0.2, 0.25) is 0 Å². The quantitative estimate of drug-likeness (QED) is 0.331. The van der Waals surface area contributed by atoms with Gasteiger partial charge in [0.25, 0.3) is 0 Å². The standard InChI is InChI=1S/C39H56O.CO2/c1-10-33(40)39-22-17-28(25(2)3)34(39)30-15-16-32-36(7)20-18-29(27-13-11-26(4)12-14-27)35(5,6)31(36)19-21-38(32,9)37(30,8)23-24-39;2-1-3/h11-14,18,28,30-32,34H,2,10,15-17,19-24H2,1,3-9H3;/t28-,30+,31-,32+,34+,36-,37+,38+,39+;/m0./s1.